The quantitative estimate of drug-likeness (QED) is 0.352. The molecule has 0 fully saturated rings. The number of ether oxygens (including phenoxy) is 2. The van der Waals surface area contributed by atoms with Gasteiger partial charge in [0.05, 0.1) is 11.5 Å². The summed E-state index contributed by atoms with van der Waals surface area (Å²) in [5.41, 5.74) is 1.08. The average molecular weight is 368 g/mol. The van der Waals surface area contributed by atoms with Crippen molar-refractivity contribution in [3.8, 4) is 17.1 Å². The van der Waals surface area contributed by atoms with Crippen molar-refractivity contribution in [1.82, 2.24) is 5.16 Å². The highest BCUT2D eigenvalue weighted by atomic mass is 16.6. The molecule has 0 unspecified atom stereocenters. The molecular formula is C19H16N2O6. The van der Waals surface area contributed by atoms with Gasteiger partial charge in [-0.2, -0.15) is 0 Å². The molecule has 0 aliphatic carbocycles. The topological polar surface area (TPSA) is 105 Å². The molecule has 0 N–H and O–H groups in total. The Hall–Kier alpha value is -3.68. The average Bonchev–Trinajstić information content (AvgIpc) is 3.17. The Morgan fingerprint density at radius 3 is 2.67 bits per heavy atom. The van der Waals surface area contributed by atoms with Crippen molar-refractivity contribution in [2.45, 2.75) is 13.5 Å². The van der Waals surface area contributed by atoms with E-state index in [0.717, 1.165) is 5.56 Å². The summed E-state index contributed by atoms with van der Waals surface area (Å²) in [4.78, 5) is 22.6. The van der Waals surface area contributed by atoms with Gasteiger partial charge in [0, 0.05) is 17.7 Å². The maximum Gasteiger partial charge on any atom is 0.360 e. The predicted octanol–water partition coefficient (Wildman–Crippen LogP) is 4.01. The number of hydrogen-bond acceptors (Lipinski definition) is 7. The maximum atomic E-state index is 11.7. The lowest BCUT2D eigenvalue weighted by molar-refractivity contribution is -0.385. The minimum absolute atomic E-state index is 0.00101. The van der Waals surface area contributed by atoms with E-state index in [9.17, 15) is 14.9 Å². The second-order valence-electron chi connectivity index (χ2n) is 5.51. The molecule has 0 aliphatic rings. The third-order valence-electron chi connectivity index (χ3n) is 3.67. The number of nitro groups is 1. The summed E-state index contributed by atoms with van der Waals surface area (Å²) in [6.45, 7) is 2.09. The molecule has 0 saturated heterocycles. The Balaban J connectivity index is 1.83. The lowest BCUT2D eigenvalue weighted by atomic mass is 10.1. The molecule has 1 heterocycles. The van der Waals surface area contributed by atoms with E-state index in [0.29, 0.717) is 5.56 Å². The third kappa shape index (κ3) is 4.30. The fourth-order valence-corrected chi connectivity index (χ4v) is 2.38. The van der Waals surface area contributed by atoms with E-state index in [2.05, 4.69) is 5.16 Å². The number of carbonyl (C=O) groups excluding carboxylic acids is 1. The SMILES string of the molecule is CCOC(=O)c1cc(-c2ccc(OCc3ccccc3)c([N+](=O)[O-])c2)on1. The summed E-state index contributed by atoms with van der Waals surface area (Å²) in [6.07, 6.45) is 0. The fraction of sp³-hybridized carbons (Fsp3) is 0.158. The Morgan fingerprint density at radius 1 is 1.19 bits per heavy atom. The summed E-state index contributed by atoms with van der Waals surface area (Å²) in [5.74, 6) is -0.265. The van der Waals surface area contributed by atoms with Crippen LogP contribution >= 0.6 is 0 Å². The van der Waals surface area contributed by atoms with Crippen LogP contribution in [0.15, 0.2) is 59.1 Å². The molecular weight excluding hydrogens is 352 g/mol. The van der Waals surface area contributed by atoms with Gasteiger partial charge in [-0.3, -0.25) is 10.1 Å². The summed E-state index contributed by atoms with van der Waals surface area (Å²) >= 11 is 0. The summed E-state index contributed by atoms with van der Waals surface area (Å²) in [5, 5.41) is 15.1. The first-order chi connectivity index (χ1) is 13.1. The molecule has 0 radical (unpaired) electrons. The van der Waals surface area contributed by atoms with Gasteiger partial charge < -0.3 is 14.0 Å². The maximum absolute atomic E-state index is 11.7. The van der Waals surface area contributed by atoms with Crippen LogP contribution in [0.2, 0.25) is 0 Å². The van der Waals surface area contributed by atoms with Crippen molar-refractivity contribution in [3.63, 3.8) is 0 Å². The number of benzene rings is 2. The normalized spacial score (nSPS) is 10.4. The molecule has 0 bridgehead atoms. The van der Waals surface area contributed by atoms with Crippen LogP contribution in [0.3, 0.4) is 0 Å². The van der Waals surface area contributed by atoms with Crippen molar-refractivity contribution in [2.24, 2.45) is 0 Å². The van der Waals surface area contributed by atoms with Crippen LogP contribution in [-0.2, 0) is 11.3 Å². The molecule has 138 valence electrons. The van der Waals surface area contributed by atoms with E-state index in [-0.39, 0.29) is 36.1 Å². The van der Waals surface area contributed by atoms with Gasteiger partial charge in [0.1, 0.15) is 6.61 Å². The minimum atomic E-state index is -0.621. The molecule has 0 spiro atoms. The van der Waals surface area contributed by atoms with E-state index in [1.807, 2.05) is 30.3 Å². The van der Waals surface area contributed by atoms with E-state index in [1.165, 1.54) is 18.2 Å². The van der Waals surface area contributed by atoms with Crippen LogP contribution in [0.25, 0.3) is 11.3 Å². The van der Waals surface area contributed by atoms with Crippen LogP contribution < -0.4 is 4.74 Å². The van der Waals surface area contributed by atoms with E-state index < -0.39 is 10.9 Å². The molecule has 1 aromatic heterocycles. The molecule has 0 atom stereocenters. The monoisotopic (exact) mass is 368 g/mol. The van der Waals surface area contributed by atoms with Gasteiger partial charge in [0.15, 0.2) is 17.2 Å². The molecule has 8 nitrogen and oxygen atoms in total. The van der Waals surface area contributed by atoms with Gasteiger partial charge in [-0.15, -0.1) is 0 Å². The highest BCUT2D eigenvalue weighted by molar-refractivity contribution is 5.88. The van der Waals surface area contributed by atoms with E-state index in [4.69, 9.17) is 14.0 Å². The number of nitrogens with zero attached hydrogens (tertiary/aromatic N) is 2. The van der Waals surface area contributed by atoms with Crippen molar-refractivity contribution in [1.29, 1.82) is 0 Å². The van der Waals surface area contributed by atoms with Gasteiger partial charge in [-0.1, -0.05) is 35.5 Å². The fourth-order valence-electron chi connectivity index (χ4n) is 2.38. The molecule has 2 aromatic carbocycles. The predicted molar refractivity (Wildman–Crippen MR) is 95.3 cm³/mol. The van der Waals surface area contributed by atoms with Crippen LogP contribution in [-0.4, -0.2) is 22.7 Å². The van der Waals surface area contributed by atoms with Gasteiger partial charge in [-0.25, -0.2) is 4.79 Å². The first-order valence-electron chi connectivity index (χ1n) is 8.18. The van der Waals surface area contributed by atoms with Crippen LogP contribution in [0, 0.1) is 10.1 Å². The second kappa shape index (κ2) is 8.13. The Morgan fingerprint density at radius 2 is 1.96 bits per heavy atom. The number of nitro benzene ring substituents is 1. The van der Waals surface area contributed by atoms with Gasteiger partial charge in [0.2, 0.25) is 0 Å². The largest absolute Gasteiger partial charge is 0.482 e. The van der Waals surface area contributed by atoms with E-state index >= 15 is 0 Å². The number of hydrogen-bond donors (Lipinski definition) is 0. The Bertz CT molecular complexity index is 952. The molecule has 3 aromatic rings. The van der Waals surface area contributed by atoms with E-state index in [1.54, 1.807) is 13.0 Å². The highest BCUT2D eigenvalue weighted by Crippen LogP contribution is 2.33. The van der Waals surface area contributed by atoms with Crippen molar-refractivity contribution in [2.75, 3.05) is 6.61 Å². The zero-order valence-corrected chi connectivity index (χ0v) is 14.5. The van der Waals surface area contributed by atoms with Crippen LogP contribution in [0.5, 0.6) is 5.75 Å². The molecule has 0 aliphatic heterocycles. The molecule has 0 saturated carbocycles. The molecule has 8 heteroatoms. The molecule has 27 heavy (non-hydrogen) atoms. The zero-order valence-electron chi connectivity index (χ0n) is 14.5. The highest BCUT2D eigenvalue weighted by Gasteiger charge is 2.20. The minimum Gasteiger partial charge on any atom is -0.482 e. The van der Waals surface area contributed by atoms with Crippen LogP contribution in [0.4, 0.5) is 5.69 Å². The van der Waals surface area contributed by atoms with Gasteiger partial charge in [0.25, 0.3) is 0 Å². The first kappa shape index (κ1) is 18.1. The number of esters is 1. The van der Waals surface area contributed by atoms with Crippen molar-refractivity contribution in [3.05, 3.63) is 76.0 Å². The summed E-state index contributed by atoms with van der Waals surface area (Å²) in [6, 6.07) is 15.1. The zero-order chi connectivity index (χ0) is 19.2. The first-order valence-corrected chi connectivity index (χ1v) is 8.18. The Labute approximate surface area is 154 Å². The third-order valence-corrected chi connectivity index (χ3v) is 3.67. The van der Waals surface area contributed by atoms with Gasteiger partial charge >= 0.3 is 11.7 Å². The van der Waals surface area contributed by atoms with Crippen LogP contribution in [0.1, 0.15) is 23.0 Å². The number of carbonyl (C=O) groups is 1. The standard InChI is InChI=1S/C19H16N2O6/c1-2-25-19(22)15-11-18(27-20-15)14-8-9-17(16(10-14)21(23)24)26-12-13-6-4-3-5-7-13/h3-11H,2,12H2,1H3. The molecule has 3 rings (SSSR count). The lowest BCUT2D eigenvalue weighted by Gasteiger charge is -2.07. The van der Waals surface area contributed by atoms with Crippen molar-refractivity contribution >= 4 is 11.7 Å². The van der Waals surface area contributed by atoms with Crippen molar-refractivity contribution < 1.29 is 23.7 Å². The second-order valence-corrected chi connectivity index (χ2v) is 5.51. The lowest BCUT2D eigenvalue weighted by Crippen LogP contribution is -2.04. The molecule has 0 amide bonds. The smallest absolute Gasteiger partial charge is 0.360 e. The number of rotatable bonds is 7. The van der Waals surface area contributed by atoms with Gasteiger partial charge in [-0.05, 0) is 24.6 Å². The summed E-state index contributed by atoms with van der Waals surface area (Å²) < 4.78 is 15.5. The number of aromatic nitrogens is 1. The Kier molecular flexibility index (Phi) is 5.46. The summed E-state index contributed by atoms with van der Waals surface area (Å²) in [7, 11) is 0.